The molecular weight excluding hydrogens is 235 g/mol. The molecule has 1 saturated heterocycles. The third-order valence-electron chi connectivity index (χ3n) is 3.25. The fourth-order valence-corrected chi connectivity index (χ4v) is 3.25. The molecule has 1 fully saturated rings. The Morgan fingerprint density at radius 1 is 1.47 bits per heavy atom. The predicted molar refractivity (Wildman–Crippen MR) is 70.7 cm³/mol. The van der Waals surface area contributed by atoms with Crippen molar-refractivity contribution in [2.75, 3.05) is 18.1 Å². The van der Waals surface area contributed by atoms with Gasteiger partial charge < -0.3 is 5.32 Å². The van der Waals surface area contributed by atoms with Gasteiger partial charge in [0.05, 0.1) is 11.9 Å². The van der Waals surface area contributed by atoms with Crippen LogP contribution in [0.2, 0.25) is 0 Å². The first-order chi connectivity index (χ1) is 8.25. The van der Waals surface area contributed by atoms with E-state index in [1.165, 1.54) is 36.6 Å². The lowest BCUT2D eigenvalue weighted by Crippen LogP contribution is -2.28. The summed E-state index contributed by atoms with van der Waals surface area (Å²) in [6, 6.07) is 3.42. The highest BCUT2D eigenvalue weighted by molar-refractivity contribution is 7.99. The van der Waals surface area contributed by atoms with Crippen LogP contribution in [0.3, 0.4) is 0 Å². The first kappa shape index (κ1) is 12.8. The summed E-state index contributed by atoms with van der Waals surface area (Å²) in [5.74, 6) is 3.09. The summed E-state index contributed by atoms with van der Waals surface area (Å²) in [7, 11) is 0. The fraction of sp³-hybridized carbons (Fsp3) is 0.615. The lowest BCUT2D eigenvalue weighted by atomic mass is 10.0. The molecule has 0 radical (unpaired) electrons. The van der Waals surface area contributed by atoms with Gasteiger partial charge >= 0.3 is 0 Å². The molecule has 4 heteroatoms. The van der Waals surface area contributed by atoms with E-state index in [1.807, 2.05) is 11.8 Å². The van der Waals surface area contributed by atoms with Gasteiger partial charge in [-0.3, -0.25) is 4.98 Å². The molecule has 0 aromatic carbocycles. The Bertz CT molecular complexity index is 336. The van der Waals surface area contributed by atoms with E-state index in [0.717, 1.165) is 18.2 Å². The van der Waals surface area contributed by atoms with Crippen molar-refractivity contribution < 1.29 is 4.39 Å². The number of aromatic nitrogens is 1. The second kappa shape index (κ2) is 6.36. The summed E-state index contributed by atoms with van der Waals surface area (Å²) in [5.41, 5.74) is 0.914. The summed E-state index contributed by atoms with van der Waals surface area (Å²) in [6.07, 6.45) is 3.90. The lowest BCUT2D eigenvalue weighted by molar-refractivity contribution is 0.417. The van der Waals surface area contributed by atoms with Gasteiger partial charge in [0, 0.05) is 6.04 Å². The molecule has 1 aromatic rings. The van der Waals surface area contributed by atoms with E-state index in [1.54, 1.807) is 6.07 Å². The van der Waals surface area contributed by atoms with E-state index < -0.39 is 0 Å². The Labute approximate surface area is 106 Å². The van der Waals surface area contributed by atoms with E-state index in [0.29, 0.717) is 0 Å². The van der Waals surface area contributed by atoms with Gasteiger partial charge in [-0.15, -0.1) is 0 Å². The number of hydrogen-bond donors (Lipinski definition) is 1. The molecule has 1 aromatic heterocycles. The molecule has 0 spiro atoms. The number of hydrogen-bond acceptors (Lipinski definition) is 3. The molecule has 1 aliphatic rings. The predicted octanol–water partition coefficient (Wildman–Crippen LogP) is 3.01. The monoisotopic (exact) mass is 254 g/mol. The van der Waals surface area contributed by atoms with Crippen LogP contribution in [0, 0.1) is 11.7 Å². The first-order valence-electron chi connectivity index (χ1n) is 6.18. The van der Waals surface area contributed by atoms with Crippen molar-refractivity contribution >= 4 is 11.8 Å². The number of thioether (sulfide) groups is 1. The minimum atomic E-state index is -0.273. The zero-order valence-corrected chi connectivity index (χ0v) is 11.0. The Morgan fingerprint density at radius 2 is 2.24 bits per heavy atom. The largest absolute Gasteiger partial charge is 0.309 e. The standard InChI is InChI=1S/C13H19FN2S/c1-10(13-3-2-12(14)9-16-13)15-8-11-4-6-17-7-5-11/h2-3,9-11,15H,4-8H2,1H3. The average Bonchev–Trinajstić information content (AvgIpc) is 2.38. The smallest absolute Gasteiger partial charge is 0.141 e. The normalized spacial score (nSPS) is 19.2. The van der Waals surface area contributed by atoms with Gasteiger partial charge in [0.2, 0.25) is 0 Å². The maximum Gasteiger partial charge on any atom is 0.141 e. The average molecular weight is 254 g/mol. The van der Waals surface area contributed by atoms with Crippen LogP contribution in [0.4, 0.5) is 4.39 Å². The van der Waals surface area contributed by atoms with Gasteiger partial charge in [0.15, 0.2) is 0 Å². The summed E-state index contributed by atoms with van der Waals surface area (Å²) in [5, 5.41) is 3.49. The Hall–Kier alpha value is -0.610. The van der Waals surface area contributed by atoms with Crippen LogP contribution in [0.5, 0.6) is 0 Å². The highest BCUT2D eigenvalue weighted by Crippen LogP contribution is 2.22. The van der Waals surface area contributed by atoms with Crippen LogP contribution in [-0.4, -0.2) is 23.0 Å². The summed E-state index contributed by atoms with van der Waals surface area (Å²) < 4.78 is 12.7. The van der Waals surface area contributed by atoms with E-state index in [9.17, 15) is 4.39 Å². The topological polar surface area (TPSA) is 24.9 Å². The number of nitrogens with one attached hydrogen (secondary N) is 1. The van der Waals surface area contributed by atoms with Crippen molar-refractivity contribution in [3.05, 3.63) is 29.8 Å². The number of pyridine rings is 1. The first-order valence-corrected chi connectivity index (χ1v) is 7.34. The van der Waals surface area contributed by atoms with Gasteiger partial charge in [-0.2, -0.15) is 11.8 Å². The van der Waals surface area contributed by atoms with Crippen molar-refractivity contribution in [1.29, 1.82) is 0 Å². The third-order valence-corrected chi connectivity index (χ3v) is 4.30. The third kappa shape index (κ3) is 3.96. The van der Waals surface area contributed by atoms with Crippen LogP contribution in [0.1, 0.15) is 31.5 Å². The molecule has 1 unspecified atom stereocenters. The van der Waals surface area contributed by atoms with Crippen molar-refractivity contribution in [3.63, 3.8) is 0 Å². The second-order valence-electron chi connectivity index (χ2n) is 4.59. The van der Waals surface area contributed by atoms with E-state index in [4.69, 9.17) is 0 Å². The molecule has 0 bridgehead atoms. The Morgan fingerprint density at radius 3 is 2.88 bits per heavy atom. The number of nitrogens with zero attached hydrogens (tertiary/aromatic N) is 1. The molecule has 1 N–H and O–H groups in total. The zero-order valence-electron chi connectivity index (χ0n) is 10.2. The molecule has 1 aliphatic heterocycles. The SMILES string of the molecule is CC(NCC1CCSCC1)c1ccc(F)cn1. The van der Waals surface area contributed by atoms with Gasteiger partial charge in [0.1, 0.15) is 5.82 Å². The second-order valence-corrected chi connectivity index (χ2v) is 5.81. The van der Waals surface area contributed by atoms with Crippen molar-refractivity contribution in [2.24, 2.45) is 5.92 Å². The highest BCUT2D eigenvalue weighted by Gasteiger charge is 2.15. The van der Waals surface area contributed by atoms with Crippen LogP contribution < -0.4 is 5.32 Å². The maximum atomic E-state index is 12.7. The quantitative estimate of drug-likeness (QED) is 0.894. The number of halogens is 1. The molecule has 2 rings (SSSR count). The fourth-order valence-electron chi connectivity index (χ4n) is 2.04. The van der Waals surface area contributed by atoms with Gasteiger partial charge in [0.25, 0.3) is 0 Å². The van der Waals surface area contributed by atoms with Crippen LogP contribution in [-0.2, 0) is 0 Å². The van der Waals surface area contributed by atoms with E-state index >= 15 is 0 Å². The molecular formula is C13H19FN2S. The van der Waals surface area contributed by atoms with Crippen molar-refractivity contribution in [3.8, 4) is 0 Å². The molecule has 0 saturated carbocycles. The van der Waals surface area contributed by atoms with Crippen molar-refractivity contribution in [1.82, 2.24) is 10.3 Å². The van der Waals surface area contributed by atoms with E-state index in [2.05, 4.69) is 17.2 Å². The van der Waals surface area contributed by atoms with Gasteiger partial charge in [-0.05, 0) is 55.9 Å². The highest BCUT2D eigenvalue weighted by atomic mass is 32.2. The van der Waals surface area contributed by atoms with Crippen LogP contribution in [0.15, 0.2) is 18.3 Å². The zero-order chi connectivity index (χ0) is 12.1. The summed E-state index contributed by atoms with van der Waals surface area (Å²) in [6.45, 7) is 3.12. The van der Waals surface area contributed by atoms with Crippen molar-refractivity contribution in [2.45, 2.75) is 25.8 Å². The number of rotatable bonds is 4. The Kier molecular flexibility index (Phi) is 4.80. The molecule has 0 aliphatic carbocycles. The molecule has 1 atom stereocenters. The minimum absolute atomic E-state index is 0.199. The molecule has 94 valence electrons. The van der Waals surface area contributed by atoms with E-state index in [-0.39, 0.29) is 11.9 Å². The van der Waals surface area contributed by atoms with Crippen LogP contribution in [0.25, 0.3) is 0 Å². The maximum absolute atomic E-state index is 12.7. The lowest BCUT2D eigenvalue weighted by Gasteiger charge is -2.23. The summed E-state index contributed by atoms with van der Waals surface area (Å²) >= 11 is 2.05. The molecule has 2 heterocycles. The summed E-state index contributed by atoms with van der Waals surface area (Å²) in [4.78, 5) is 4.10. The molecule has 0 amide bonds. The van der Waals surface area contributed by atoms with Gasteiger partial charge in [-0.1, -0.05) is 0 Å². The molecule has 2 nitrogen and oxygen atoms in total. The molecule has 17 heavy (non-hydrogen) atoms. The van der Waals surface area contributed by atoms with Crippen LogP contribution >= 0.6 is 11.8 Å². The minimum Gasteiger partial charge on any atom is -0.309 e. The van der Waals surface area contributed by atoms with Gasteiger partial charge in [-0.25, -0.2) is 4.39 Å². The Balaban J connectivity index is 1.80.